The summed E-state index contributed by atoms with van der Waals surface area (Å²) in [5.41, 5.74) is -0.321. The topological polar surface area (TPSA) is 53.6 Å². The number of rotatable bonds is 8. The second-order valence-electron chi connectivity index (χ2n) is 8.14. The lowest BCUT2D eigenvalue weighted by Crippen LogP contribution is -2.51. The van der Waals surface area contributed by atoms with Crippen LogP contribution in [0.4, 0.5) is 0 Å². The van der Waals surface area contributed by atoms with Crippen molar-refractivity contribution < 1.29 is 9.53 Å². The molecule has 5 nitrogen and oxygen atoms in total. The SMILES string of the molecule is COCC1(C(=O)NCC2CCN(CCC(C)C)CC2)CCNCC1. The molecule has 2 rings (SSSR count). The smallest absolute Gasteiger partial charge is 0.228 e. The largest absolute Gasteiger partial charge is 0.384 e. The highest BCUT2D eigenvalue weighted by Crippen LogP contribution is 2.29. The van der Waals surface area contributed by atoms with E-state index in [1.54, 1.807) is 7.11 Å². The molecule has 2 saturated heterocycles. The summed E-state index contributed by atoms with van der Waals surface area (Å²) in [6, 6.07) is 0. The first-order valence-electron chi connectivity index (χ1n) is 9.76. The van der Waals surface area contributed by atoms with E-state index in [9.17, 15) is 4.79 Å². The minimum absolute atomic E-state index is 0.202. The maximum absolute atomic E-state index is 12.8. The van der Waals surface area contributed by atoms with Gasteiger partial charge in [-0.25, -0.2) is 0 Å². The first kappa shape index (κ1) is 19.7. The number of carbonyl (C=O) groups is 1. The van der Waals surface area contributed by atoms with Crippen LogP contribution in [-0.2, 0) is 9.53 Å². The van der Waals surface area contributed by atoms with Gasteiger partial charge in [-0.1, -0.05) is 13.8 Å². The van der Waals surface area contributed by atoms with Crippen LogP contribution in [0.5, 0.6) is 0 Å². The van der Waals surface area contributed by atoms with Crippen LogP contribution in [0.3, 0.4) is 0 Å². The highest BCUT2D eigenvalue weighted by atomic mass is 16.5. The molecule has 0 unspecified atom stereocenters. The average molecular weight is 340 g/mol. The zero-order valence-corrected chi connectivity index (χ0v) is 15.9. The van der Waals surface area contributed by atoms with Crippen LogP contribution in [-0.4, -0.2) is 63.8 Å². The fourth-order valence-electron chi connectivity index (χ4n) is 3.90. The summed E-state index contributed by atoms with van der Waals surface area (Å²) in [5.74, 6) is 1.61. The van der Waals surface area contributed by atoms with Crippen molar-refractivity contribution in [2.24, 2.45) is 17.3 Å². The maximum atomic E-state index is 12.8. The number of piperidine rings is 2. The fraction of sp³-hybridized carbons (Fsp3) is 0.947. The molecular formula is C19H37N3O2. The first-order chi connectivity index (χ1) is 11.6. The van der Waals surface area contributed by atoms with E-state index in [1.807, 2.05) is 0 Å². The summed E-state index contributed by atoms with van der Waals surface area (Å²) in [6.07, 6.45) is 5.45. The lowest BCUT2D eigenvalue weighted by atomic mass is 9.78. The van der Waals surface area contributed by atoms with Gasteiger partial charge in [0.15, 0.2) is 0 Å². The number of hydrogen-bond acceptors (Lipinski definition) is 4. The summed E-state index contributed by atoms with van der Waals surface area (Å²) in [7, 11) is 1.70. The molecular weight excluding hydrogens is 302 g/mol. The van der Waals surface area contributed by atoms with Gasteiger partial charge >= 0.3 is 0 Å². The standard InChI is InChI=1S/C19H37N3O2/c1-16(2)4-11-22-12-5-17(6-13-22)14-21-18(23)19(15-24-3)7-9-20-10-8-19/h16-17,20H,4-15H2,1-3H3,(H,21,23). The number of nitrogens with one attached hydrogen (secondary N) is 2. The Bertz CT molecular complexity index is 367. The van der Waals surface area contributed by atoms with E-state index in [1.165, 1.54) is 38.9 Å². The van der Waals surface area contributed by atoms with Crippen molar-refractivity contribution in [2.45, 2.75) is 46.0 Å². The summed E-state index contributed by atoms with van der Waals surface area (Å²) in [5, 5.41) is 6.59. The zero-order valence-electron chi connectivity index (χ0n) is 15.9. The van der Waals surface area contributed by atoms with Crippen molar-refractivity contribution in [2.75, 3.05) is 53.0 Å². The van der Waals surface area contributed by atoms with Crippen LogP contribution in [0.2, 0.25) is 0 Å². The van der Waals surface area contributed by atoms with Crippen molar-refractivity contribution >= 4 is 5.91 Å². The Kier molecular flexibility index (Phi) is 7.98. The highest BCUT2D eigenvalue weighted by Gasteiger charge is 2.39. The molecule has 0 spiro atoms. The normalized spacial score (nSPS) is 22.7. The van der Waals surface area contributed by atoms with E-state index >= 15 is 0 Å². The van der Waals surface area contributed by atoms with Gasteiger partial charge in [0, 0.05) is 13.7 Å². The van der Waals surface area contributed by atoms with Crippen molar-refractivity contribution in [1.29, 1.82) is 0 Å². The summed E-state index contributed by atoms with van der Waals surface area (Å²) in [6.45, 7) is 11.3. The van der Waals surface area contributed by atoms with Gasteiger partial charge in [0.2, 0.25) is 5.91 Å². The molecule has 2 N–H and O–H groups in total. The van der Waals surface area contributed by atoms with Gasteiger partial charge in [0.1, 0.15) is 0 Å². The first-order valence-corrected chi connectivity index (χ1v) is 9.76. The Balaban J connectivity index is 1.72. The number of amides is 1. The van der Waals surface area contributed by atoms with Crippen molar-refractivity contribution in [3.05, 3.63) is 0 Å². The molecule has 0 radical (unpaired) electrons. The Morgan fingerprint density at radius 1 is 1.29 bits per heavy atom. The molecule has 0 aromatic carbocycles. The van der Waals surface area contributed by atoms with E-state index in [-0.39, 0.29) is 11.3 Å². The Morgan fingerprint density at radius 3 is 2.54 bits per heavy atom. The third-order valence-corrected chi connectivity index (χ3v) is 5.74. The molecule has 0 atom stereocenters. The molecule has 0 bridgehead atoms. The molecule has 0 saturated carbocycles. The fourth-order valence-corrected chi connectivity index (χ4v) is 3.90. The minimum Gasteiger partial charge on any atom is -0.384 e. The zero-order chi connectivity index (χ0) is 17.4. The number of methoxy groups -OCH3 is 1. The van der Waals surface area contributed by atoms with Crippen LogP contribution < -0.4 is 10.6 Å². The van der Waals surface area contributed by atoms with Crippen molar-refractivity contribution in [1.82, 2.24) is 15.5 Å². The molecule has 0 aliphatic carbocycles. The third kappa shape index (κ3) is 5.71. The van der Waals surface area contributed by atoms with E-state index < -0.39 is 0 Å². The molecule has 0 aromatic heterocycles. The van der Waals surface area contributed by atoms with Gasteiger partial charge < -0.3 is 20.3 Å². The van der Waals surface area contributed by atoms with Crippen LogP contribution in [0.1, 0.15) is 46.0 Å². The number of ether oxygens (including phenoxy) is 1. The average Bonchev–Trinajstić information content (AvgIpc) is 2.59. The van der Waals surface area contributed by atoms with E-state index in [0.717, 1.165) is 38.4 Å². The molecule has 140 valence electrons. The van der Waals surface area contributed by atoms with Crippen LogP contribution >= 0.6 is 0 Å². The van der Waals surface area contributed by atoms with Crippen LogP contribution in [0, 0.1) is 17.3 Å². The molecule has 5 heteroatoms. The molecule has 0 aromatic rings. The van der Waals surface area contributed by atoms with Crippen molar-refractivity contribution in [3.8, 4) is 0 Å². The van der Waals surface area contributed by atoms with Gasteiger partial charge in [-0.15, -0.1) is 0 Å². The third-order valence-electron chi connectivity index (χ3n) is 5.74. The molecule has 24 heavy (non-hydrogen) atoms. The van der Waals surface area contributed by atoms with Gasteiger partial charge in [-0.3, -0.25) is 4.79 Å². The van der Waals surface area contributed by atoms with Crippen LogP contribution in [0.15, 0.2) is 0 Å². The quantitative estimate of drug-likeness (QED) is 0.709. The molecule has 2 aliphatic rings. The summed E-state index contributed by atoms with van der Waals surface area (Å²) in [4.78, 5) is 15.3. The molecule has 2 fully saturated rings. The Hall–Kier alpha value is -0.650. The van der Waals surface area contributed by atoms with Gasteiger partial charge in [-0.05, 0) is 76.7 Å². The Morgan fingerprint density at radius 2 is 1.96 bits per heavy atom. The number of hydrogen-bond donors (Lipinski definition) is 2. The summed E-state index contributed by atoms with van der Waals surface area (Å²) < 4.78 is 5.36. The molecule has 2 aliphatic heterocycles. The highest BCUT2D eigenvalue weighted by molar-refractivity contribution is 5.83. The minimum atomic E-state index is -0.321. The molecule has 2 heterocycles. The number of nitrogens with zero attached hydrogens (tertiary/aromatic N) is 1. The lowest BCUT2D eigenvalue weighted by Gasteiger charge is -2.37. The lowest BCUT2D eigenvalue weighted by molar-refractivity contribution is -0.136. The van der Waals surface area contributed by atoms with Crippen LogP contribution in [0.25, 0.3) is 0 Å². The number of carbonyl (C=O) groups excluding carboxylic acids is 1. The maximum Gasteiger partial charge on any atom is 0.228 e. The monoisotopic (exact) mass is 339 g/mol. The second kappa shape index (κ2) is 9.73. The number of likely N-dealkylation sites (tertiary alicyclic amines) is 1. The predicted octanol–water partition coefficient (Wildman–Crippen LogP) is 1.88. The summed E-state index contributed by atoms with van der Waals surface area (Å²) >= 11 is 0. The Labute approximate surface area is 147 Å². The van der Waals surface area contributed by atoms with Gasteiger partial charge in [0.25, 0.3) is 0 Å². The van der Waals surface area contributed by atoms with Gasteiger partial charge in [-0.2, -0.15) is 0 Å². The van der Waals surface area contributed by atoms with Gasteiger partial charge in [0.05, 0.1) is 12.0 Å². The van der Waals surface area contributed by atoms with E-state index in [2.05, 4.69) is 29.4 Å². The van der Waals surface area contributed by atoms with Crippen molar-refractivity contribution in [3.63, 3.8) is 0 Å². The predicted molar refractivity (Wildman–Crippen MR) is 98.0 cm³/mol. The second-order valence-corrected chi connectivity index (χ2v) is 8.14. The molecule has 1 amide bonds. The van der Waals surface area contributed by atoms with E-state index in [0.29, 0.717) is 12.5 Å². The van der Waals surface area contributed by atoms with E-state index in [4.69, 9.17) is 4.74 Å².